The summed E-state index contributed by atoms with van der Waals surface area (Å²) < 4.78 is 27.3. The summed E-state index contributed by atoms with van der Waals surface area (Å²) in [6.07, 6.45) is 1.22. The fourth-order valence-corrected chi connectivity index (χ4v) is 4.26. The van der Waals surface area contributed by atoms with Gasteiger partial charge in [0.1, 0.15) is 0 Å². The summed E-state index contributed by atoms with van der Waals surface area (Å²) in [6.45, 7) is 7.24. The van der Waals surface area contributed by atoms with Crippen LogP contribution in [0.15, 0.2) is 34.7 Å². The summed E-state index contributed by atoms with van der Waals surface area (Å²) >= 11 is 0.901. The van der Waals surface area contributed by atoms with Crippen LogP contribution in [-0.4, -0.2) is 32.4 Å². The number of sulfonamides is 1. The molecule has 0 spiro atoms. The topological polar surface area (TPSA) is 91.4 Å². The summed E-state index contributed by atoms with van der Waals surface area (Å²) in [6, 6.07) is 7.20. The number of aromatic nitrogens is 1. The van der Waals surface area contributed by atoms with Gasteiger partial charge in [-0.2, -0.15) is 0 Å². The van der Waals surface area contributed by atoms with Gasteiger partial charge in [0.2, 0.25) is 5.91 Å². The van der Waals surface area contributed by atoms with Crippen LogP contribution in [0, 0.1) is 0 Å². The second-order valence-electron chi connectivity index (χ2n) is 4.99. The lowest BCUT2D eigenvalue weighted by Gasteiger charge is -2.21. The molecule has 130 valence electrons. The number of nitrogens with one attached hydrogen (secondary N) is 2. The van der Waals surface area contributed by atoms with Gasteiger partial charge in [-0.15, -0.1) is 0 Å². The zero-order chi connectivity index (χ0) is 17.7. The monoisotopic (exact) mass is 368 g/mol. The molecule has 0 unspecified atom stereocenters. The highest BCUT2D eigenvalue weighted by Gasteiger charge is 2.18. The minimum absolute atomic E-state index is 0.0408. The Bertz CT molecular complexity index is 796. The van der Waals surface area contributed by atoms with Gasteiger partial charge in [0.05, 0.1) is 6.20 Å². The molecule has 0 bridgehead atoms. The standard InChI is InChI=1S/C15H20N4O3S2/c1-4-19(5-2)13-8-6-12(7-9-13)18-24(21,22)14-10-16-15(23-14)17-11(3)20/h6-10,18H,4-5H2,1-3H3,(H,16,17,20). The first-order valence-corrected chi connectivity index (χ1v) is 9.77. The van der Waals surface area contributed by atoms with E-state index in [-0.39, 0.29) is 15.2 Å². The lowest BCUT2D eigenvalue weighted by atomic mass is 10.2. The van der Waals surface area contributed by atoms with Crippen LogP contribution in [0.2, 0.25) is 0 Å². The van der Waals surface area contributed by atoms with Gasteiger partial charge in [0.25, 0.3) is 10.0 Å². The Morgan fingerprint density at radius 2 is 1.83 bits per heavy atom. The second-order valence-corrected chi connectivity index (χ2v) is 7.93. The van der Waals surface area contributed by atoms with Crippen molar-refractivity contribution in [2.45, 2.75) is 25.0 Å². The Balaban J connectivity index is 2.14. The molecular formula is C15H20N4O3S2. The molecular weight excluding hydrogens is 348 g/mol. The molecule has 0 aliphatic rings. The molecule has 0 saturated heterocycles. The Labute approximate surface area is 145 Å². The third-order valence-corrected chi connectivity index (χ3v) is 6.04. The summed E-state index contributed by atoms with van der Waals surface area (Å²) in [5.74, 6) is -0.298. The number of nitrogens with zero attached hydrogens (tertiary/aromatic N) is 2. The molecule has 9 heteroatoms. The van der Waals surface area contributed by atoms with Gasteiger partial charge in [0, 0.05) is 31.4 Å². The number of rotatable bonds is 7. The molecule has 0 atom stereocenters. The Morgan fingerprint density at radius 3 is 2.38 bits per heavy atom. The van der Waals surface area contributed by atoms with Gasteiger partial charge in [-0.1, -0.05) is 11.3 Å². The highest BCUT2D eigenvalue weighted by atomic mass is 32.2. The average molecular weight is 368 g/mol. The van der Waals surface area contributed by atoms with Crippen molar-refractivity contribution in [2.24, 2.45) is 0 Å². The average Bonchev–Trinajstić information content (AvgIpc) is 2.98. The number of anilines is 3. The van der Waals surface area contributed by atoms with E-state index in [2.05, 4.69) is 33.8 Å². The molecule has 2 N–H and O–H groups in total. The predicted molar refractivity (Wildman–Crippen MR) is 97.2 cm³/mol. The van der Waals surface area contributed by atoms with Crippen LogP contribution in [-0.2, 0) is 14.8 Å². The van der Waals surface area contributed by atoms with E-state index < -0.39 is 10.0 Å². The highest BCUT2D eigenvalue weighted by molar-refractivity contribution is 7.94. The van der Waals surface area contributed by atoms with Crippen molar-refractivity contribution in [1.29, 1.82) is 0 Å². The van der Waals surface area contributed by atoms with Gasteiger partial charge in [-0.3, -0.25) is 9.52 Å². The lowest BCUT2D eigenvalue weighted by molar-refractivity contribution is -0.114. The predicted octanol–water partition coefficient (Wildman–Crippen LogP) is 2.75. The quantitative estimate of drug-likeness (QED) is 0.784. The number of carbonyl (C=O) groups is 1. The Kier molecular flexibility index (Phi) is 5.79. The van der Waals surface area contributed by atoms with Crippen LogP contribution >= 0.6 is 11.3 Å². The third kappa shape index (κ3) is 4.45. The molecule has 1 aromatic heterocycles. The number of thiazole rings is 1. The Hall–Kier alpha value is -2.13. The van der Waals surface area contributed by atoms with Crippen LogP contribution in [0.1, 0.15) is 20.8 Å². The van der Waals surface area contributed by atoms with Gasteiger partial charge in [-0.05, 0) is 38.1 Å². The van der Waals surface area contributed by atoms with E-state index in [4.69, 9.17) is 0 Å². The van der Waals surface area contributed by atoms with Crippen molar-refractivity contribution in [3.63, 3.8) is 0 Å². The molecule has 0 fully saturated rings. The molecule has 1 heterocycles. The first-order chi connectivity index (χ1) is 11.4. The van der Waals surface area contributed by atoms with Crippen LogP contribution in [0.3, 0.4) is 0 Å². The van der Waals surface area contributed by atoms with E-state index in [0.29, 0.717) is 5.69 Å². The molecule has 0 saturated carbocycles. The smallest absolute Gasteiger partial charge is 0.273 e. The van der Waals surface area contributed by atoms with Crippen molar-refractivity contribution in [2.75, 3.05) is 28.0 Å². The van der Waals surface area contributed by atoms with E-state index >= 15 is 0 Å². The van der Waals surface area contributed by atoms with E-state index in [1.807, 2.05) is 12.1 Å². The molecule has 1 aromatic carbocycles. The normalized spacial score (nSPS) is 11.1. The van der Waals surface area contributed by atoms with Crippen molar-refractivity contribution >= 4 is 43.8 Å². The summed E-state index contributed by atoms with van der Waals surface area (Å²) in [7, 11) is -3.73. The summed E-state index contributed by atoms with van der Waals surface area (Å²) in [5.41, 5.74) is 1.51. The number of hydrogen-bond acceptors (Lipinski definition) is 6. The summed E-state index contributed by atoms with van der Waals surface area (Å²) in [4.78, 5) is 17.0. The number of amides is 1. The first-order valence-electron chi connectivity index (χ1n) is 7.47. The maximum atomic E-state index is 12.4. The van der Waals surface area contributed by atoms with E-state index in [1.54, 1.807) is 12.1 Å². The zero-order valence-corrected chi connectivity index (χ0v) is 15.4. The SMILES string of the molecule is CCN(CC)c1ccc(NS(=O)(=O)c2cnc(NC(C)=O)s2)cc1. The summed E-state index contributed by atoms with van der Waals surface area (Å²) in [5, 5.41) is 2.71. The van der Waals surface area contributed by atoms with Crippen molar-refractivity contribution < 1.29 is 13.2 Å². The first kappa shape index (κ1) is 18.2. The van der Waals surface area contributed by atoms with Gasteiger partial charge in [-0.25, -0.2) is 13.4 Å². The van der Waals surface area contributed by atoms with E-state index in [9.17, 15) is 13.2 Å². The van der Waals surface area contributed by atoms with E-state index in [1.165, 1.54) is 13.1 Å². The maximum Gasteiger partial charge on any atom is 0.273 e. The van der Waals surface area contributed by atoms with Crippen molar-refractivity contribution in [3.05, 3.63) is 30.5 Å². The molecule has 0 aliphatic carbocycles. The number of carbonyl (C=O) groups excluding carboxylic acids is 1. The van der Waals surface area contributed by atoms with Crippen LogP contribution in [0.4, 0.5) is 16.5 Å². The maximum absolute atomic E-state index is 12.4. The van der Waals surface area contributed by atoms with Gasteiger partial charge < -0.3 is 10.2 Å². The fraction of sp³-hybridized carbons (Fsp3) is 0.333. The molecule has 2 aromatic rings. The molecule has 7 nitrogen and oxygen atoms in total. The fourth-order valence-electron chi connectivity index (χ4n) is 2.13. The molecule has 0 radical (unpaired) electrons. The number of hydrogen-bond donors (Lipinski definition) is 2. The minimum Gasteiger partial charge on any atom is -0.372 e. The second kappa shape index (κ2) is 7.63. The van der Waals surface area contributed by atoms with Crippen LogP contribution in [0.5, 0.6) is 0 Å². The van der Waals surface area contributed by atoms with Crippen molar-refractivity contribution in [1.82, 2.24) is 4.98 Å². The largest absolute Gasteiger partial charge is 0.372 e. The highest BCUT2D eigenvalue weighted by Crippen LogP contribution is 2.26. The van der Waals surface area contributed by atoms with Crippen LogP contribution < -0.4 is 14.9 Å². The van der Waals surface area contributed by atoms with E-state index in [0.717, 1.165) is 30.1 Å². The Morgan fingerprint density at radius 1 is 1.21 bits per heavy atom. The van der Waals surface area contributed by atoms with Gasteiger partial charge in [0.15, 0.2) is 9.34 Å². The van der Waals surface area contributed by atoms with Crippen LogP contribution in [0.25, 0.3) is 0 Å². The van der Waals surface area contributed by atoms with Gasteiger partial charge >= 0.3 is 0 Å². The lowest BCUT2D eigenvalue weighted by Crippen LogP contribution is -2.21. The minimum atomic E-state index is -3.73. The third-order valence-electron chi connectivity index (χ3n) is 3.28. The molecule has 0 aliphatic heterocycles. The molecule has 24 heavy (non-hydrogen) atoms. The number of benzene rings is 1. The zero-order valence-electron chi connectivity index (χ0n) is 13.7. The molecule has 2 rings (SSSR count). The van der Waals surface area contributed by atoms with Crippen molar-refractivity contribution in [3.8, 4) is 0 Å². The molecule has 1 amide bonds.